The number of aromatic hydroxyl groups is 1. The lowest BCUT2D eigenvalue weighted by atomic mass is 10.2. The second kappa shape index (κ2) is 6.02. The standard InChI is InChI=1S/C17H14BrN3OS/c18-11-5-7-12(8-6-11)19-20-16-14-3-1-2-4-15(14)21(17(16)22)13-9-23-10-13/h1-8,13,22H,9-10H2. The summed E-state index contributed by atoms with van der Waals surface area (Å²) < 4.78 is 2.99. The highest BCUT2D eigenvalue weighted by atomic mass is 79.9. The zero-order valence-corrected chi connectivity index (χ0v) is 14.6. The Kier molecular flexibility index (Phi) is 3.87. The molecule has 1 aliphatic heterocycles. The van der Waals surface area contributed by atoms with Crippen LogP contribution in [0.3, 0.4) is 0 Å². The van der Waals surface area contributed by atoms with E-state index in [4.69, 9.17) is 0 Å². The van der Waals surface area contributed by atoms with Crippen molar-refractivity contribution < 1.29 is 5.11 Å². The van der Waals surface area contributed by atoms with Crippen molar-refractivity contribution in [2.45, 2.75) is 6.04 Å². The van der Waals surface area contributed by atoms with Crippen molar-refractivity contribution in [1.29, 1.82) is 0 Å². The van der Waals surface area contributed by atoms with Crippen molar-refractivity contribution in [3.63, 3.8) is 0 Å². The number of aromatic nitrogens is 1. The van der Waals surface area contributed by atoms with Crippen molar-refractivity contribution in [1.82, 2.24) is 4.57 Å². The number of halogens is 1. The highest BCUT2D eigenvalue weighted by Gasteiger charge is 2.27. The minimum Gasteiger partial charge on any atom is -0.493 e. The summed E-state index contributed by atoms with van der Waals surface area (Å²) in [6, 6.07) is 15.9. The molecule has 0 atom stereocenters. The number of hydrogen-bond acceptors (Lipinski definition) is 4. The maximum atomic E-state index is 10.7. The molecule has 1 aliphatic rings. The van der Waals surface area contributed by atoms with E-state index in [0.717, 1.165) is 32.6 Å². The quantitative estimate of drug-likeness (QED) is 0.576. The average Bonchev–Trinajstić information content (AvgIpc) is 2.79. The lowest BCUT2D eigenvalue weighted by Gasteiger charge is -2.27. The molecule has 4 nitrogen and oxygen atoms in total. The molecule has 2 aromatic carbocycles. The number of para-hydroxylation sites is 1. The van der Waals surface area contributed by atoms with Gasteiger partial charge in [-0.3, -0.25) is 0 Å². The van der Waals surface area contributed by atoms with E-state index in [0.29, 0.717) is 11.7 Å². The van der Waals surface area contributed by atoms with Crippen LogP contribution in [0.15, 0.2) is 63.2 Å². The Morgan fingerprint density at radius 2 is 1.78 bits per heavy atom. The summed E-state index contributed by atoms with van der Waals surface area (Å²) in [6.45, 7) is 0. The summed E-state index contributed by atoms with van der Waals surface area (Å²) in [5.74, 6) is 2.25. The Balaban J connectivity index is 1.80. The van der Waals surface area contributed by atoms with E-state index in [2.05, 4.69) is 26.2 Å². The Morgan fingerprint density at radius 3 is 2.48 bits per heavy atom. The molecule has 116 valence electrons. The van der Waals surface area contributed by atoms with Crippen molar-refractivity contribution in [3.8, 4) is 5.88 Å². The van der Waals surface area contributed by atoms with Crippen LogP contribution in [0.2, 0.25) is 0 Å². The first kappa shape index (κ1) is 14.8. The normalized spacial score (nSPS) is 15.3. The SMILES string of the molecule is Oc1c(N=Nc2ccc(Br)cc2)c2ccccc2n1C1CSC1. The molecule has 6 heteroatoms. The van der Waals surface area contributed by atoms with Crippen LogP contribution in [0, 0.1) is 0 Å². The topological polar surface area (TPSA) is 49.9 Å². The van der Waals surface area contributed by atoms with E-state index >= 15 is 0 Å². The van der Waals surface area contributed by atoms with Crippen LogP contribution >= 0.6 is 27.7 Å². The van der Waals surface area contributed by atoms with Gasteiger partial charge in [-0.1, -0.05) is 34.1 Å². The van der Waals surface area contributed by atoms with E-state index in [1.165, 1.54) is 0 Å². The summed E-state index contributed by atoms with van der Waals surface area (Å²) in [7, 11) is 0. The average molecular weight is 388 g/mol. The summed E-state index contributed by atoms with van der Waals surface area (Å²) >= 11 is 5.29. The molecule has 0 aliphatic carbocycles. The zero-order chi connectivity index (χ0) is 15.8. The van der Waals surface area contributed by atoms with Crippen LogP contribution in [0.1, 0.15) is 6.04 Å². The Morgan fingerprint density at radius 1 is 1.04 bits per heavy atom. The molecule has 1 saturated heterocycles. The first-order chi connectivity index (χ1) is 11.2. The van der Waals surface area contributed by atoms with Crippen LogP contribution in [0.25, 0.3) is 10.9 Å². The Labute approximate surface area is 146 Å². The van der Waals surface area contributed by atoms with E-state index in [9.17, 15) is 5.11 Å². The van der Waals surface area contributed by atoms with Gasteiger partial charge in [-0.05, 0) is 30.3 Å². The van der Waals surface area contributed by atoms with Crippen LogP contribution < -0.4 is 0 Å². The maximum Gasteiger partial charge on any atom is 0.221 e. The molecule has 3 aromatic rings. The van der Waals surface area contributed by atoms with Gasteiger partial charge in [0.1, 0.15) is 0 Å². The van der Waals surface area contributed by atoms with Crippen LogP contribution in [-0.4, -0.2) is 21.2 Å². The number of benzene rings is 2. The van der Waals surface area contributed by atoms with E-state index < -0.39 is 0 Å². The number of azo groups is 1. The third-order valence-electron chi connectivity index (χ3n) is 3.94. The predicted octanol–water partition coefficient (Wildman–Crippen LogP) is 5.81. The van der Waals surface area contributed by atoms with E-state index in [1.807, 2.05) is 64.9 Å². The molecule has 0 spiro atoms. The number of thioether (sulfide) groups is 1. The minimum atomic E-state index is 0.206. The van der Waals surface area contributed by atoms with Crippen LogP contribution in [-0.2, 0) is 0 Å². The predicted molar refractivity (Wildman–Crippen MR) is 98.3 cm³/mol. The largest absolute Gasteiger partial charge is 0.493 e. The Hall–Kier alpha value is -1.79. The van der Waals surface area contributed by atoms with Gasteiger partial charge >= 0.3 is 0 Å². The first-order valence-electron chi connectivity index (χ1n) is 7.31. The third-order valence-corrected chi connectivity index (χ3v) is 5.71. The second-order valence-corrected chi connectivity index (χ2v) is 7.42. The molecule has 23 heavy (non-hydrogen) atoms. The first-order valence-corrected chi connectivity index (χ1v) is 9.26. The number of rotatable bonds is 3. The molecule has 2 heterocycles. The van der Waals surface area contributed by atoms with Crippen molar-refractivity contribution in [2.24, 2.45) is 10.2 Å². The van der Waals surface area contributed by atoms with Gasteiger partial charge in [0.15, 0.2) is 5.69 Å². The molecule has 0 amide bonds. The van der Waals surface area contributed by atoms with Crippen molar-refractivity contribution >= 4 is 50.0 Å². The van der Waals surface area contributed by atoms with Crippen molar-refractivity contribution in [3.05, 3.63) is 53.0 Å². The van der Waals surface area contributed by atoms with Crippen molar-refractivity contribution in [2.75, 3.05) is 11.5 Å². The van der Waals surface area contributed by atoms with Crippen LogP contribution in [0.5, 0.6) is 5.88 Å². The highest BCUT2D eigenvalue weighted by molar-refractivity contribution is 9.10. The fraction of sp³-hybridized carbons (Fsp3) is 0.176. The molecule has 4 rings (SSSR count). The maximum absolute atomic E-state index is 10.7. The fourth-order valence-electron chi connectivity index (χ4n) is 2.69. The second-order valence-electron chi connectivity index (χ2n) is 5.43. The Bertz CT molecular complexity index is 885. The van der Waals surface area contributed by atoms with Crippen LogP contribution in [0.4, 0.5) is 11.4 Å². The molecule has 0 unspecified atom stereocenters. The molecule has 1 aromatic heterocycles. The van der Waals surface area contributed by atoms with Gasteiger partial charge in [-0.2, -0.15) is 16.9 Å². The lowest BCUT2D eigenvalue weighted by molar-refractivity contribution is 0.406. The van der Waals surface area contributed by atoms with Gasteiger partial charge < -0.3 is 9.67 Å². The number of hydrogen-bond donors (Lipinski definition) is 1. The van der Waals surface area contributed by atoms with E-state index in [1.54, 1.807) is 0 Å². The summed E-state index contributed by atoms with van der Waals surface area (Å²) in [6.07, 6.45) is 0. The molecule has 0 radical (unpaired) electrons. The van der Waals surface area contributed by atoms with E-state index in [-0.39, 0.29) is 5.88 Å². The molecule has 1 fully saturated rings. The fourth-order valence-corrected chi connectivity index (χ4v) is 3.70. The number of fused-ring (bicyclic) bond motifs is 1. The number of nitrogens with zero attached hydrogens (tertiary/aromatic N) is 3. The molecular weight excluding hydrogens is 374 g/mol. The zero-order valence-electron chi connectivity index (χ0n) is 12.2. The van der Waals surface area contributed by atoms with Gasteiger partial charge in [0.05, 0.1) is 17.2 Å². The summed E-state index contributed by atoms with van der Waals surface area (Å²) in [4.78, 5) is 0. The highest BCUT2D eigenvalue weighted by Crippen LogP contribution is 2.44. The van der Waals surface area contributed by atoms with Gasteiger partial charge in [0, 0.05) is 21.4 Å². The third kappa shape index (κ3) is 2.66. The minimum absolute atomic E-state index is 0.206. The summed E-state index contributed by atoms with van der Waals surface area (Å²) in [5, 5.41) is 20.2. The monoisotopic (exact) mass is 387 g/mol. The van der Waals surface area contributed by atoms with Gasteiger partial charge in [0.2, 0.25) is 5.88 Å². The van der Waals surface area contributed by atoms with Gasteiger partial charge in [0.25, 0.3) is 0 Å². The molecule has 0 saturated carbocycles. The summed E-state index contributed by atoms with van der Waals surface area (Å²) in [5.41, 5.74) is 2.31. The van der Waals surface area contributed by atoms with Gasteiger partial charge in [-0.25, -0.2) is 0 Å². The molecular formula is C17H14BrN3OS. The molecule has 1 N–H and O–H groups in total. The lowest BCUT2D eigenvalue weighted by Crippen LogP contribution is -2.22. The smallest absolute Gasteiger partial charge is 0.221 e. The van der Waals surface area contributed by atoms with Gasteiger partial charge in [-0.15, -0.1) is 5.11 Å². The molecule has 0 bridgehead atoms.